The molecule has 0 saturated carbocycles. The van der Waals surface area contributed by atoms with Gasteiger partial charge in [0.25, 0.3) is 0 Å². The molecule has 0 bridgehead atoms. The van der Waals surface area contributed by atoms with Gasteiger partial charge in [-0.1, -0.05) is 0 Å². The number of hydrogen-bond acceptors (Lipinski definition) is 5. The van der Waals surface area contributed by atoms with E-state index in [4.69, 9.17) is 0 Å². The van der Waals surface area contributed by atoms with Crippen molar-refractivity contribution >= 4 is 11.7 Å². The van der Waals surface area contributed by atoms with Gasteiger partial charge in [0.1, 0.15) is 0 Å². The van der Waals surface area contributed by atoms with Crippen LogP contribution in [0.25, 0.3) is 0 Å². The van der Waals surface area contributed by atoms with E-state index in [1.165, 1.54) is 5.69 Å². The number of hydrogen-bond donors (Lipinski definition) is 0. The number of ketones is 1. The molecule has 3 heterocycles. The summed E-state index contributed by atoms with van der Waals surface area (Å²) in [5.74, 6) is 1.14. The highest BCUT2D eigenvalue weighted by molar-refractivity contribution is 5.98. The highest BCUT2D eigenvalue weighted by Gasteiger charge is 2.22. The van der Waals surface area contributed by atoms with E-state index in [9.17, 15) is 4.79 Å². The van der Waals surface area contributed by atoms with Crippen molar-refractivity contribution in [2.24, 2.45) is 0 Å². The Balaban J connectivity index is 1.31. The third-order valence-corrected chi connectivity index (χ3v) is 5.06. The lowest BCUT2D eigenvalue weighted by Gasteiger charge is -2.34. The monoisotopic (exact) mass is 325 g/mol. The Morgan fingerprint density at radius 1 is 1.00 bits per heavy atom. The van der Waals surface area contributed by atoms with Gasteiger partial charge in [-0.3, -0.25) is 9.69 Å². The van der Waals surface area contributed by atoms with Gasteiger partial charge in [0, 0.05) is 75.5 Å². The van der Waals surface area contributed by atoms with E-state index >= 15 is 0 Å². The van der Waals surface area contributed by atoms with Crippen LogP contribution in [0.3, 0.4) is 0 Å². The van der Waals surface area contributed by atoms with Crippen molar-refractivity contribution in [2.45, 2.75) is 25.8 Å². The average Bonchev–Trinajstić information content (AvgIpc) is 3.06. The van der Waals surface area contributed by atoms with E-state index in [2.05, 4.69) is 30.5 Å². The molecule has 6 heteroatoms. The topological polar surface area (TPSA) is 54.3 Å². The van der Waals surface area contributed by atoms with Crippen LogP contribution >= 0.6 is 0 Å². The van der Waals surface area contributed by atoms with E-state index in [1.54, 1.807) is 12.4 Å². The summed E-state index contributed by atoms with van der Waals surface area (Å²) in [5.41, 5.74) is 2.19. The first-order valence-electron chi connectivity index (χ1n) is 8.77. The second-order valence-corrected chi connectivity index (χ2v) is 6.52. The zero-order chi connectivity index (χ0) is 16.4. The van der Waals surface area contributed by atoms with E-state index in [0.717, 1.165) is 63.6 Å². The summed E-state index contributed by atoms with van der Waals surface area (Å²) in [6, 6.07) is 3.85. The van der Waals surface area contributed by atoms with Crippen molar-refractivity contribution in [1.29, 1.82) is 0 Å². The van der Waals surface area contributed by atoms with Crippen LogP contribution in [0.4, 0.5) is 5.95 Å². The number of carbonyl (C=O) groups is 1. The Kier molecular flexibility index (Phi) is 4.30. The van der Waals surface area contributed by atoms with Gasteiger partial charge in [-0.15, -0.1) is 0 Å². The van der Waals surface area contributed by atoms with E-state index in [-0.39, 0.29) is 0 Å². The molecule has 0 radical (unpaired) electrons. The number of piperazine rings is 1. The molecular weight excluding hydrogens is 302 g/mol. The summed E-state index contributed by atoms with van der Waals surface area (Å²) in [7, 11) is 0. The predicted molar refractivity (Wildman–Crippen MR) is 92.4 cm³/mol. The Morgan fingerprint density at radius 2 is 1.79 bits per heavy atom. The van der Waals surface area contributed by atoms with Crippen LogP contribution in [0.2, 0.25) is 0 Å². The number of anilines is 1. The van der Waals surface area contributed by atoms with E-state index in [0.29, 0.717) is 12.2 Å². The lowest BCUT2D eigenvalue weighted by atomic mass is 9.97. The van der Waals surface area contributed by atoms with Gasteiger partial charge in [-0.25, -0.2) is 9.97 Å². The smallest absolute Gasteiger partial charge is 0.225 e. The van der Waals surface area contributed by atoms with Gasteiger partial charge in [-0.2, -0.15) is 0 Å². The maximum Gasteiger partial charge on any atom is 0.225 e. The van der Waals surface area contributed by atoms with Crippen LogP contribution in [0.5, 0.6) is 0 Å². The van der Waals surface area contributed by atoms with Gasteiger partial charge >= 0.3 is 0 Å². The van der Waals surface area contributed by atoms with Crippen LogP contribution in [0, 0.1) is 0 Å². The van der Waals surface area contributed by atoms with Crippen LogP contribution in [-0.2, 0) is 13.0 Å². The number of carbonyl (C=O) groups excluding carboxylic acids is 1. The number of rotatable bonds is 4. The third kappa shape index (κ3) is 3.06. The summed E-state index contributed by atoms with van der Waals surface area (Å²) in [6.07, 6.45) is 8.41. The molecule has 1 aliphatic heterocycles. The van der Waals surface area contributed by atoms with Crippen LogP contribution in [0.15, 0.2) is 30.7 Å². The molecule has 0 N–H and O–H groups in total. The summed E-state index contributed by atoms with van der Waals surface area (Å²) < 4.78 is 2.28. The molecule has 126 valence electrons. The first-order chi connectivity index (χ1) is 11.8. The van der Waals surface area contributed by atoms with Crippen LogP contribution in [-0.4, -0.2) is 57.9 Å². The van der Waals surface area contributed by atoms with Gasteiger partial charge in [-0.05, 0) is 25.0 Å². The van der Waals surface area contributed by atoms with E-state index in [1.807, 2.05) is 12.1 Å². The fourth-order valence-corrected chi connectivity index (χ4v) is 3.67. The van der Waals surface area contributed by atoms with Gasteiger partial charge in [0.2, 0.25) is 5.95 Å². The maximum absolute atomic E-state index is 11.9. The maximum atomic E-state index is 11.9. The minimum atomic E-state index is 0.312. The summed E-state index contributed by atoms with van der Waals surface area (Å²) >= 11 is 0. The fourth-order valence-electron chi connectivity index (χ4n) is 3.67. The standard InChI is InChI=1S/C18H23N5O/c24-17-4-1-3-16-15(17)5-8-22(16)12-9-21-10-13-23(14-11-21)18-19-6-2-7-20-18/h2,5-8H,1,3-4,9-14H2. The van der Waals surface area contributed by atoms with Crippen molar-refractivity contribution in [2.75, 3.05) is 37.6 Å². The number of aromatic nitrogens is 3. The average molecular weight is 325 g/mol. The lowest BCUT2D eigenvalue weighted by Crippen LogP contribution is -2.47. The van der Waals surface area contributed by atoms with Crippen molar-refractivity contribution < 1.29 is 4.79 Å². The Labute approximate surface area is 142 Å². The molecule has 0 aromatic carbocycles. The highest BCUT2D eigenvalue weighted by atomic mass is 16.1. The van der Waals surface area contributed by atoms with Gasteiger partial charge < -0.3 is 9.47 Å². The summed E-state index contributed by atoms with van der Waals surface area (Å²) in [6.45, 7) is 5.98. The molecule has 1 saturated heterocycles. The summed E-state index contributed by atoms with van der Waals surface area (Å²) in [5, 5.41) is 0. The molecule has 0 spiro atoms. The normalized spacial score (nSPS) is 18.7. The SMILES string of the molecule is O=C1CCCc2c1ccn2CCN1CCN(c2ncccn2)CC1. The number of nitrogens with zero attached hydrogens (tertiary/aromatic N) is 5. The highest BCUT2D eigenvalue weighted by Crippen LogP contribution is 2.22. The molecule has 4 rings (SSSR count). The Morgan fingerprint density at radius 3 is 2.58 bits per heavy atom. The molecule has 0 atom stereocenters. The molecular formula is C18H23N5O. The second kappa shape index (κ2) is 6.73. The van der Waals surface area contributed by atoms with E-state index < -0.39 is 0 Å². The van der Waals surface area contributed by atoms with Crippen molar-refractivity contribution in [3.8, 4) is 0 Å². The van der Waals surface area contributed by atoms with Gasteiger partial charge in [0.15, 0.2) is 5.78 Å². The second-order valence-electron chi connectivity index (χ2n) is 6.52. The zero-order valence-corrected chi connectivity index (χ0v) is 13.9. The van der Waals surface area contributed by atoms with Crippen molar-refractivity contribution in [3.63, 3.8) is 0 Å². The Hall–Kier alpha value is -2.21. The predicted octanol–water partition coefficient (Wildman–Crippen LogP) is 1.62. The first kappa shape index (κ1) is 15.3. The summed E-state index contributed by atoms with van der Waals surface area (Å²) in [4.78, 5) is 25.3. The van der Waals surface area contributed by atoms with Crippen molar-refractivity contribution in [3.05, 3.63) is 42.0 Å². The molecule has 1 aliphatic carbocycles. The molecule has 24 heavy (non-hydrogen) atoms. The minimum absolute atomic E-state index is 0.312. The molecule has 2 aromatic rings. The minimum Gasteiger partial charge on any atom is -0.349 e. The molecule has 2 aliphatic rings. The lowest BCUT2D eigenvalue weighted by molar-refractivity contribution is 0.0971. The Bertz CT molecular complexity index is 703. The van der Waals surface area contributed by atoms with Crippen molar-refractivity contribution in [1.82, 2.24) is 19.4 Å². The third-order valence-electron chi connectivity index (χ3n) is 5.06. The van der Waals surface area contributed by atoms with Gasteiger partial charge in [0.05, 0.1) is 0 Å². The first-order valence-corrected chi connectivity index (χ1v) is 8.77. The number of Topliss-reactive ketones (excluding diaryl/α,β-unsaturated/α-hetero) is 1. The van der Waals surface area contributed by atoms with Crippen LogP contribution < -0.4 is 4.90 Å². The fraction of sp³-hybridized carbons (Fsp3) is 0.500. The molecule has 1 fully saturated rings. The molecule has 0 amide bonds. The zero-order valence-electron chi connectivity index (χ0n) is 13.9. The molecule has 6 nitrogen and oxygen atoms in total. The number of fused-ring (bicyclic) bond motifs is 1. The van der Waals surface area contributed by atoms with Crippen LogP contribution in [0.1, 0.15) is 28.9 Å². The quantitative estimate of drug-likeness (QED) is 0.855. The molecule has 2 aromatic heterocycles. The molecule has 0 unspecified atom stereocenters. The largest absolute Gasteiger partial charge is 0.349 e.